The van der Waals surface area contributed by atoms with Crippen LogP contribution in [0.5, 0.6) is 0 Å². The largest absolute Gasteiger partial charge is 0.457 e. The van der Waals surface area contributed by atoms with E-state index in [0.29, 0.717) is 13.0 Å². The maximum absolute atomic E-state index is 12.9. The SMILES string of the molecule is CC/C=C\C/C=C\C/C=C\C/C=C\C/C=C\CCCCCCOCC(COC1OC(CO)C(O)C(O)C1O)OC(=O)CCCCCCCCCCCCC/C=C\C/C=C\CCCCCCC. The average molecular weight is 927 g/mol. The Morgan fingerprint density at radius 1 is 0.500 bits per heavy atom. The summed E-state index contributed by atoms with van der Waals surface area (Å²) in [4.78, 5) is 12.9. The summed E-state index contributed by atoms with van der Waals surface area (Å²) >= 11 is 0. The first-order valence-electron chi connectivity index (χ1n) is 26.7. The summed E-state index contributed by atoms with van der Waals surface area (Å²) < 4.78 is 22.9. The Hall–Kier alpha value is -2.63. The molecular formula is C57H98O9. The number of hydrogen-bond acceptors (Lipinski definition) is 9. The van der Waals surface area contributed by atoms with E-state index < -0.39 is 43.4 Å². The molecule has 0 radical (unpaired) electrons. The van der Waals surface area contributed by atoms with Crippen molar-refractivity contribution >= 4 is 5.97 Å². The summed E-state index contributed by atoms with van der Waals surface area (Å²) in [5.74, 6) is -0.327. The van der Waals surface area contributed by atoms with Crippen molar-refractivity contribution in [3.05, 3.63) is 85.1 Å². The predicted octanol–water partition coefficient (Wildman–Crippen LogP) is 13.4. The summed E-state index contributed by atoms with van der Waals surface area (Å²) in [6.07, 6.45) is 57.6. The standard InChI is InChI=1S/C57H98O9/c1-3-5-7-9-11-13-15-17-19-21-23-25-26-27-28-30-32-34-36-38-40-42-44-46-53(59)65-51(50-64-57-56(62)55(61)54(60)52(48-58)66-57)49-63-47-45-43-41-39-37-35-33-31-29-24-22-20-18-16-14-12-10-8-6-4-2/h6,8,12,14-15,17-18,20-21,23-24,29,33,35,51-52,54-58,60-62H,3-5,7,9-11,13,16,19,22,25-28,30-32,34,36-50H2,1-2H3/b8-6-,14-12-,17-15-,20-18-,23-21-,29-24-,35-33-. The lowest BCUT2D eigenvalue weighted by Crippen LogP contribution is -2.59. The van der Waals surface area contributed by atoms with E-state index >= 15 is 0 Å². The third-order valence-corrected chi connectivity index (χ3v) is 11.8. The molecule has 0 aromatic carbocycles. The molecule has 6 atom stereocenters. The number of allylic oxidation sites excluding steroid dienone is 14. The van der Waals surface area contributed by atoms with Crippen molar-refractivity contribution in [2.45, 2.75) is 243 Å². The average Bonchev–Trinajstić information content (AvgIpc) is 3.32. The van der Waals surface area contributed by atoms with Crippen LogP contribution in [0.1, 0.15) is 206 Å². The molecule has 1 rings (SSSR count). The summed E-state index contributed by atoms with van der Waals surface area (Å²) in [7, 11) is 0. The first-order valence-corrected chi connectivity index (χ1v) is 26.7. The summed E-state index contributed by atoms with van der Waals surface area (Å²) in [5, 5.41) is 40.3. The molecule has 0 aromatic rings. The van der Waals surface area contributed by atoms with Gasteiger partial charge in [0.15, 0.2) is 6.29 Å². The van der Waals surface area contributed by atoms with Gasteiger partial charge in [0.2, 0.25) is 0 Å². The molecule has 1 aliphatic heterocycles. The lowest BCUT2D eigenvalue weighted by atomic mass is 9.99. The molecule has 66 heavy (non-hydrogen) atoms. The van der Waals surface area contributed by atoms with Crippen LogP contribution >= 0.6 is 0 Å². The molecule has 380 valence electrons. The molecule has 1 fully saturated rings. The lowest BCUT2D eigenvalue weighted by Gasteiger charge is -2.39. The minimum absolute atomic E-state index is 0.122. The Balaban J connectivity index is 2.22. The third kappa shape index (κ3) is 37.4. The van der Waals surface area contributed by atoms with Crippen LogP contribution in [0, 0.1) is 0 Å². The molecule has 0 amide bonds. The van der Waals surface area contributed by atoms with E-state index in [1.807, 2.05) is 0 Å². The number of carbonyl (C=O) groups is 1. The maximum atomic E-state index is 12.9. The van der Waals surface area contributed by atoms with Crippen LogP contribution in [-0.4, -0.2) is 89.6 Å². The zero-order valence-corrected chi connectivity index (χ0v) is 41.9. The van der Waals surface area contributed by atoms with E-state index in [9.17, 15) is 25.2 Å². The Morgan fingerprint density at radius 2 is 0.924 bits per heavy atom. The van der Waals surface area contributed by atoms with Crippen LogP contribution in [0.4, 0.5) is 0 Å². The van der Waals surface area contributed by atoms with Crippen molar-refractivity contribution in [3.63, 3.8) is 0 Å². The van der Waals surface area contributed by atoms with E-state index in [2.05, 4.69) is 98.9 Å². The van der Waals surface area contributed by atoms with E-state index in [1.165, 1.54) is 96.3 Å². The van der Waals surface area contributed by atoms with Crippen LogP contribution in [-0.2, 0) is 23.7 Å². The summed E-state index contributed by atoms with van der Waals surface area (Å²) in [6, 6.07) is 0. The number of carbonyl (C=O) groups excluding carboxylic acids is 1. The number of aliphatic hydroxyl groups excluding tert-OH is 4. The second-order valence-corrected chi connectivity index (χ2v) is 17.9. The van der Waals surface area contributed by atoms with Gasteiger partial charge < -0.3 is 39.4 Å². The van der Waals surface area contributed by atoms with E-state index in [1.54, 1.807) is 0 Å². The number of esters is 1. The van der Waals surface area contributed by atoms with Gasteiger partial charge in [-0.15, -0.1) is 0 Å². The van der Waals surface area contributed by atoms with Gasteiger partial charge in [0.1, 0.15) is 30.5 Å². The fourth-order valence-electron chi connectivity index (χ4n) is 7.67. The Kier molecular flexibility index (Phi) is 44.1. The fraction of sp³-hybridized carbons (Fsp3) is 0.737. The monoisotopic (exact) mass is 927 g/mol. The smallest absolute Gasteiger partial charge is 0.306 e. The van der Waals surface area contributed by atoms with Crippen LogP contribution in [0.15, 0.2) is 85.1 Å². The van der Waals surface area contributed by atoms with Crippen molar-refractivity contribution in [1.82, 2.24) is 0 Å². The van der Waals surface area contributed by atoms with Crippen molar-refractivity contribution in [3.8, 4) is 0 Å². The molecule has 0 spiro atoms. The van der Waals surface area contributed by atoms with E-state index in [0.717, 1.165) is 89.9 Å². The fourth-order valence-corrected chi connectivity index (χ4v) is 7.67. The van der Waals surface area contributed by atoms with Gasteiger partial charge in [-0.05, 0) is 89.9 Å². The number of hydrogen-bond donors (Lipinski definition) is 4. The molecule has 0 bridgehead atoms. The molecule has 1 aliphatic rings. The van der Waals surface area contributed by atoms with Crippen molar-refractivity contribution in [1.29, 1.82) is 0 Å². The van der Waals surface area contributed by atoms with Crippen LogP contribution in [0.3, 0.4) is 0 Å². The maximum Gasteiger partial charge on any atom is 0.306 e. The second kappa shape index (κ2) is 47.4. The highest BCUT2D eigenvalue weighted by molar-refractivity contribution is 5.69. The van der Waals surface area contributed by atoms with Crippen LogP contribution < -0.4 is 0 Å². The minimum atomic E-state index is -1.55. The molecular weight excluding hydrogens is 829 g/mol. The zero-order chi connectivity index (χ0) is 47.8. The van der Waals surface area contributed by atoms with Gasteiger partial charge >= 0.3 is 5.97 Å². The number of unbranched alkanes of at least 4 members (excludes halogenated alkanes) is 20. The van der Waals surface area contributed by atoms with Crippen molar-refractivity contribution < 1.29 is 44.2 Å². The molecule has 1 saturated heterocycles. The van der Waals surface area contributed by atoms with Crippen molar-refractivity contribution in [2.75, 3.05) is 26.4 Å². The van der Waals surface area contributed by atoms with Crippen LogP contribution in [0.25, 0.3) is 0 Å². The van der Waals surface area contributed by atoms with Gasteiger partial charge in [-0.2, -0.15) is 0 Å². The van der Waals surface area contributed by atoms with Gasteiger partial charge in [0.05, 0.1) is 19.8 Å². The first kappa shape index (κ1) is 61.4. The number of ether oxygens (including phenoxy) is 4. The molecule has 9 heteroatoms. The van der Waals surface area contributed by atoms with Gasteiger partial charge in [0, 0.05) is 13.0 Å². The Morgan fingerprint density at radius 3 is 1.39 bits per heavy atom. The zero-order valence-electron chi connectivity index (χ0n) is 41.9. The highest BCUT2D eigenvalue weighted by Crippen LogP contribution is 2.23. The number of rotatable bonds is 45. The first-order chi connectivity index (χ1) is 32.4. The molecule has 6 unspecified atom stereocenters. The van der Waals surface area contributed by atoms with Gasteiger partial charge in [-0.25, -0.2) is 0 Å². The summed E-state index contributed by atoms with van der Waals surface area (Å²) in [6.45, 7) is 4.38. The Labute approximate surface area is 403 Å². The number of aliphatic hydroxyl groups is 4. The molecule has 9 nitrogen and oxygen atoms in total. The highest BCUT2D eigenvalue weighted by atomic mass is 16.7. The molecule has 4 N–H and O–H groups in total. The Bertz CT molecular complexity index is 1280. The second-order valence-electron chi connectivity index (χ2n) is 17.9. The lowest BCUT2D eigenvalue weighted by molar-refractivity contribution is -0.305. The van der Waals surface area contributed by atoms with E-state index in [4.69, 9.17) is 18.9 Å². The topological polar surface area (TPSA) is 135 Å². The summed E-state index contributed by atoms with van der Waals surface area (Å²) in [5.41, 5.74) is 0. The van der Waals surface area contributed by atoms with Gasteiger partial charge in [-0.1, -0.05) is 195 Å². The molecule has 1 heterocycles. The predicted molar refractivity (Wildman–Crippen MR) is 274 cm³/mol. The van der Waals surface area contributed by atoms with Crippen LogP contribution in [0.2, 0.25) is 0 Å². The van der Waals surface area contributed by atoms with Gasteiger partial charge in [0.25, 0.3) is 0 Å². The van der Waals surface area contributed by atoms with E-state index in [-0.39, 0.29) is 19.2 Å². The quantitative estimate of drug-likeness (QED) is 0.0267. The molecule has 0 saturated carbocycles. The van der Waals surface area contributed by atoms with Crippen molar-refractivity contribution in [2.24, 2.45) is 0 Å². The molecule has 0 aromatic heterocycles. The normalized spacial score (nSPS) is 20.0. The third-order valence-electron chi connectivity index (χ3n) is 11.8. The highest BCUT2D eigenvalue weighted by Gasteiger charge is 2.44. The molecule has 0 aliphatic carbocycles. The van der Waals surface area contributed by atoms with Gasteiger partial charge in [-0.3, -0.25) is 4.79 Å². The minimum Gasteiger partial charge on any atom is -0.457 e.